The Labute approximate surface area is 84.0 Å². The highest BCUT2D eigenvalue weighted by Crippen LogP contribution is 2.16. The van der Waals surface area contributed by atoms with Crippen LogP contribution in [0.3, 0.4) is 0 Å². The molecule has 0 aromatic heterocycles. The number of hydrogen-bond acceptors (Lipinski definition) is 3. The first-order valence-corrected chi connectivity index (χ1v) is 6.06. The fourth-order valence-corrected chi connectivity index (χ4v) is 2.56. The van der Waals surface area contributed by atoms with Crippen LogP contribution >= 0.6 is 11.8 Å². The summed E-state index contributed by atoms with van der Waals surface area (Å²) in [4.78, 5) is 11.1. The average Bonchev–Trinajstić information content (AvgIpc) is 2.57. The Morgan fingerprint density at radius 1 is 1.62 bits per heavy atom. The number of rotatable bonds is 5. The van der Waals surface area contributed by atoms with E-state index < -0.39 is 0 Å². The molecule has 1 saturated heterocycles. The van der Waals surface area contributed by atoms with Gasteiger partial charge < -0.3 is 10.6 Å². The predicted octanol–water partition coefficient (Wildman–Crippen LogP) is 0.608. The predicted molar refractivity (Wildman–Crippen MR) is 57.0 cm³/mol. The zero-order chi connectivity index (χ0) is 9.52. The van der Waals surface area contributed by atoms with Crippen molar-refractivity contribution in [2.75, 3.05) is 24.6 Å². The molecule has 1 aliphatic rings. The van der Waals surface area contributed by atoms with Gasteiger partial charge >= 0.3 is 0 Å². The zero-order valence-corrected chi connectivity index (χ0v) is 8.95. The Morgan fingerprint density at radius 2 is 2.46 bits per heavy atom. The summed E-state index contributed by atoms with van der Waals surface area (Å²) in [6, 6.07) is 0.638. The molecule has 2 N–H and O–H groups in total. The van der Waals surface area contributed by atoms with Gasteiger partial charge in [-0.3, -0.25) is 4.79 Å². The lowest BCUT2D eigenvalue weighted by atomic mass is 10.2. The Bertz CT molecular complexity index is 158. The van der Waals surface area contributed by atoms with Crippen LogP contribution < -0.4 is 10.6 Å². The molecule has 1 amide bonds. The third-order valence-corrected chi connectivity index (χ3v) is 3.25. The molecule has 76 valence electrons. The van der Waals surface area contributed by atoms with E-state index in [-0.39, 0.29) is 5.91 Å². The Morgan fingerprint density at radius 3 is 3.08 bits per heavy atom. The number of thioether (sulfide) groups is 1. The summed E-state index contributed by atoms with van der Waals surface area (Å²) in [5.41, 5.74) is 0. The minimum absolute atomic E-state index is 0.153. The molecule has 13 heavy (non-hydrogen) atoms. The van der Waals surface area contributed by atoms with E-state index >= 15 is 0 Å². The quantitative estimate of drug-likeness (QED) is 0.686. The van der Waals surface area contributed by atoms with Crippen LogP contribution in [0, 0.1) is 0 Å². The lowest BCUT2D eigenvalue weighted by Crippen LogP contribution is -2.33. The van der Waals surface area contributed by atoms with Crippen molar-refractivity contribution < 1.29 is 4.79 Å². The van der Waals surface area contributed by atoms with E-state index in [9.17, 15) is 4.79 Å². The zero-order valence-electron chi connectivity index (χ0n) is 8.14. The van der Waals surface area contributed by atoms with Crippen LogP contribution in [0.4, 0.5) is 0 Å². The standard InChI is InChI=1S/C9H18N2OS/c1-2-10-9(12)3-5-11-8-4-6-13-7-8/h8,11H,2-7H2,1H3,(H,10,12). The Balaban J connectivity index is 1.96. The normalized spacial score (nSPS) is 21.8. The Kier molecular flexibility index (Phi) is 5.23. The van der Waals surface area contributed by atoms with E-state index in [1.54, 1.807) is 0 Å². The molecule has 0 spiro atoms. The van der Waals surface area contributed by atoms with Crippen molar-refractivity contribution in [2.24, 2.45) is 0 Å². The van der Waals surface area contributed by atoms with Crippen LogP contribution in [-0.4, -0.2) is 36.5 Å². The van der Waals surface area contributed by atoms with Gasteiger partial charge in [-0.25, -0.2) is 0 Å². The summed E-state index contributed by atoms with van der Waals surface area (Å²) in [5.74, 6) is 2.62. The maximum Gasteiger partial charge on any atom is 0.221 e. The van der Waals surface area contributed by atoms with Gasteiger partial charge in [0.1, 0.15) is 0 Å². The maximum atomic E-state index is 11.1. The van der Waals surface area contributed by atoms with Crippen LogP contribution in [0.1, 0.15) is 19.8 Å². The van der Waals surface area contributed by atoms with Crippen molar-refractivity contribution in [3.05, 3.63) is 0 Å². The van der Waals surface area contributed by atoms with Gasteiger partial charge in [-0.05, 0) is 19.1 Å². The molecular formula is C9H18N2OS. The van der Waals surface area contributed by atoms with Gasteiger partial charge in [-0.15, -0.1) is 0 Å². The molecule has 1 aliphatic heterocycles. The molecule has 1 rings (SSSR count). The molecule has 1 heterocycles. The minimum atomic E-state index is 0.153. The molecule has 3 nitrogen and oxygen atoms in total. The van der Waals surface area contributed by atoms with E-state index in [1.165, 1.54) is 17.9 Å². The van der Waals surface area contributed by atoms with E-state index in [1.807, 2.05) is 18.7 Å². The van der Waals surface area contributed by atoms with E-state index in [0.717, 1.165) is 13.1 Å². The molecule has 1 unspecified atom stereocenters. The largest absolute Gasteiger partial charge is 0.356 e. The second-order valence-electron chi connectivity index (χ2n) is 3.22. The van der Waals surface area contributed by atoms with Crippen molar-refractivity contribution in [1.29, 1.82) is 0 Å². The van der Waals surface area contributed by atoms with Crippen molar-refractivity contribution in [2.45, 2.75) is 25.8 Å². The summed E-state index contributed by atoms with van der Waals surface area (Å²) in [5, 5.41) is 6.18. The fourth-order valence-electron chi connectivity index (χ4n) is 1.37. The monoisotopic (exact) mass is 202 g/mol. The summed E-state index contributed by atoms with van der Waals surface area (Å²) in [7, 11) is 0. The topological polar surface area (TPSA) is 41.1 Å². The lowest BCUT2D eigenvalue weighted by Gasteiger charge is -2.10. The first-order valence-electron chi connectivity index (χ1n) is 4.90. The van der Waals surface area contributed by atoms with Crippen molar-refractivity contribution in [3.63, 3.8) is 0 Å². The highest BCUT2D eigenvalue weighted by Gasteiger charge is 2.14. The van der Waals surface area contributed by atoms with Crippen LogP contribution in [-0.2, 0) is 4.79 Å². The summed E-state index contributed by atoms with van der Waals surface area (Å²) >= 11 is 1.99. The molecule has 0 aliphatic carbocycles. The molecule has 0 radical (unpaired) electrons. The van der Waals surface area contributed by atoms with Crippen LogP contribution in [0.2, 0.25) is 0 Å². The Hall–Kier alpha value is -0.220. The van der Waals surface area contributed by atoms with Gasteiger partial charge in [0, 0.05) is 31.3 Å². The highest BCUT2D eigenvalue weighted by molar-refractivity contribution is 7.99. The van der Waals surface area contributed by atoms with Crippen molar-refractivity contribution >= 4 is 17.7 Å². The number of hydrogen-bond donors (Lipinski definition) is 2. The number of carbonyl (C=O) groups is 1. The molecule has 0 saturated carbocycles. The second-order valence-corrected chi connectivity index (χ2v) is 4.37. The molecule has 1 atom stereocenters. The third-order valence-electron chi connectivity index (χ3n) is 2.09. The van der Waals surface area contributed by atoms with E-state index in [4.69, 9.17) is 0 Å². The molecule has 0 aromatic rings. The number of carbonyl (C=O) groups excluding carboxylic acids is 1. The third kappa shape index (κ3) is 4.52. The van der Waals surface area contributed by atoms with Crippen molar-refractivity contribution in [1.82, 2.24) is 10.6 Å². The molecule has 1 fully saturated rings. The summed E-state index contributed by atoms with van der Waals surface area (Å²) in [6.45, 7) is 3.49. The molecular weight excluding hydrogens is 184 g/mol. The minimum Gasteiger partial charge on any atom is -0.356 e. The van der Waals surface area contributed by atoms with Crippen molar-refractivity contribution in [3.8, 4) is 0 Å². The van der Waals surface area contributed by atoms with Gasteiger partial charge in [-0.1, -0.05) is 0 Å². The molecule has 0 bridgehead atoms. The smallest absolute Gasteiger partial charge is 0.221 e. The van der Waals surface area contributed by atoms with Crippen LogP contribution in [0.15, 0.2) is 0 Å². The summed E-state index contributed by atoms with van der Waals surface area (Å²) < 4.78 is 0. The van der Waals surface area contributed by atoms with Crippen LogP contribution in [0.25, 0.3) is 0 Å². The first kappa shape index (κ1) is 10.9. The van der Waals surface area contributed by atoms with Gasteiger partial charge in [0.25, 0.3) is 0 Å². The lowest BCUT2D eigenvalue weighted by molar-refractivity contribution is -0.120. The first-order chi connectivity index (χ1) is 6.33. The fraction of sp³-hybridized carbons (Fsp3) is 0.889. The SMILES string of the molecule is CCNC(=O)CCNC1CCSC1. The highest BCUT2D eigenvalue weighted by atomic mass is 32.2. The van der Waals surface area contributed by atoms with Gasteiger partial charge in [0.2, 0.25) is 5.91 Å². The molecule has 0 aromatic carbocycles. The van der Waals surface area contributed by atoms with Gasteiger partial charge in [0.15, 0.2) is 0 Å². The second kappa shape index (κ2) is 6.27. The maximum absolute atomic E-state index is 11.1. The van der Waals surface area contributed by atoms with Gasteiger partial charge in [0.05, 0.1) is 0 Å². The van der Waals surface area contributed by atoms with E-state index in [0.29, 0.717) is 12.5 Å². The average molecular weight is 202 g/mol. The van der Waals surface area contributed by atoms with Gasteiger partial charge in [-0.2, -0.15) is 11.8 Å². The summed E-state index contributed by atoms with van der Waals surface area (Å²) in [6.07, 6.45) is 1.86. The van der Waals surface area contributed by atoms with E-state index in [2.05, 4.69) is 10.6 Å². The van der Waals surface area contributed by atoms with Crippen LogP contribution in [0.5, 0.6) is 0 Å². The molecule has 4 heteroatoms. The number of nitrogens with one attached hydrogen (secondary N) is 2. The number of amides is 1.